The average Bonchev–Trinajstić information content (AvgIpc) is 2.37. The summed E-state index contributed by atoms with van der Waals surface area (Å²) in [7, 11) is 0. The maximum Gasteiger partial charge on any atom is 0.175 e. The standard InChI is InChI=1S/C15H14BrClN2S/c1-9-3-6-14(10(2)7-9)19-15(20)18-11-4-5-12(16)13(17)8-11/h3-8H,1-2H3,(H2,18,19,20). The summed E-state index contributed by atoms with van der Waals surface area (Å²) in [5.74, 6) is 0. The summed E-state index contributed by atoms with van der Waals surface area (Å²) in [6, 6.07) is 11.8. The number of benzene rings is 2. The van der Waals surface area contributed by atoms with Crippen LogP contribution in [0.15, 0.2) is 40.9 Å². The van der Waals surface area contributed by atoms with E-state index in [-0.39, 0.29) is 0 Å². The number of thiocarbonyl (C=S) groups is 1. The summed E-state index contributed by atoms with van der Waals surface area (Å²) in [6.07, 6.45) is 0. The number of hydrogen-bond donors (Lipinski definition) is 2. The number of anilines is 2. The molecule has 0 aromatic heterocycles. The highest BCUT2D eigenvalue weighted by Crippen LogP contribution is 2.25. The average molecular weight is 370 g/mol. The van der Waals surface area contributed by atoms with Crippen molar-refractivity contribution in [2.75, 3.05) is 10.6 Å². The Balaban J connectivity index is 2.07. The van der Waals surface area contributed by atoms with Gasteiger partial charge in [-0.3, -0.25) is 0 Å². The molecule has 0 aliphatic carbocycles. The zero-order valence-electron chi connectivity index (χ0n) is 11.1. The Morgan fingerprint density at radius 1 is 1.10 bits per heavy atom. The summed E-state index contributed by atoms with van der Waals surface area (Å²) in [6.45, 7) is 4.12. The van der Waals surface area contributed by atoms with Gasteiger partial charge >= 0.3 is 0 Å². The molecule has 2 N–H and O–H groups in total. The molecular formula is C15H14BrClN2S. The van der Waals surface area contributed by atoms with E-state index >= 15 is 0 Å². The van der Waals surface area contributed by atoms with E-state index in [9.17, 15) is 0 Å². The number of rotatable bonds is 2. The molecule has 0 amide bonds. The quantitative estimate of drug-likeness (QED) is 0.681. The van der Waals surface area contributed by atoms with E-state index in [1.807, 2.05) is 24.3 Å². The smallest absolute Gasteiger partial charge is 0.175 e. The van der Waals surface area contributed by atoms with Gasteiger partial charge in [0, 0.05) is 15.8 Å². The lowest BCUT2D eigenvalue weighted by Gasteiger charge is -2.13. The van der Waals surface area contributed by atoms with Crippen LogP contribution in [-0.2, 0) is 0 Å². The molecule has 0 bridgehead atoms. The van der Waals surface area contributed by atoms with E-state index in [0.717, 1.165) is 21.4 Å². The molecule has 0 saturated carbocycles. The third kappa shape index (κ3) is 3.95. The van der Waals surface area contributed by atoms with Crippen molar-refractivity contribution in [1.82, 2.24) is 0 Å². The van der Waals surface area contributed by atoms with Crippen LogP contribution in [0.1, 0.15) is 11.1 Å². The predicted octanol–water partition coefficient (Wildman–Crippen LogP) is 5.53. The Labute approximate surface area is 137 Å². The number of nitrogens with one attached hydrogen (secondary N) is 2. The van der Waals surface area contributed by atoms with E-state index in [4.69, 9.17) is 23.8 Å². The first-order chi connectivity index (χ1) is 9.45. The van der Waals surface area contributed by atoms with E-state index in [1.165, 1.54) is 5.56 Å². The lowest BCUT2D eigenvalue weighted by Crippen LogP contribution is -2.19. The topological polar surface area (TPSA) is 24.1 Å². The minimum absolute atomic E-state index is 0.537. The van der Waals surface area contributed by atoms with Gasteiger partial charge in [-0.25, -0.2) is 0 Å². The second kappa shape index (κ2) is 6.57. The Hall–Kier alpha value is -1.10. The van der Waals surface area contributed by atoms with Crippen LogP contribution < -0.4 is 10.6 Å². The Kier molecular flexibility index (Phi) is 5.02. The van der Waals surface area contributed by atoms with Gasteiger partial charge < -0.3 is 10.6 Å². The normalized spacial score (nSPS) is 10.2. The zero-order valence-corrected chi connectivity index (χ0v) is 14.3. The van der Waals surface area contributed by atoms with Gasteiger partial charge in [0.05, 0.1) is 5.02 Å². The molecule has 2 aromatic carbocycles. The molecule has 0 radical (unpaired) electrons. The molecule has 2 aromatic rings. The van der Waals surface area contributed by atoms with Gasteiger partial charge in [-0.05, 0) is 71.8 Å². The van der Waals surface area contributed by atoms with Crippen LogP contribution >= 0.6 is 39.7 Å². The summed E-state index contributed by atoms with van der Waals surface area (Å²) >= 11 is 14.7. The second-order valence-electron chi connectivity index (χ2n) is 4.53. The largest absolute Gasteiger partial charge is 0.332 e. The molecular weight excluding hydrogens is 356 g/mol. The number of halogens is 2. The molecule has 0 fully saturated rings. The first kappa shape index (κ1) is 15.3. The SMILES string of the molecule is Cc1ccc(NC(=S)Nc2ccc(Br)c(Cl)c2)c(C)c1. The summed E-state index contributed by atoms with van der Waals surface area (Å²) in [4.78, 5) is 0. The fourth-order valence-corrected chi connectivity index (χ4v) is 2.47. The van der Waals surface area contributed by atoms with Gasteiger partial charge in [0.1, 0.15) is 0 Å². The van der Waals surface area contributed by atoms with E-state index in [0.29, 0.717) is 10.1 Å². The number of hydrogen-bond acceptors (Lipinski definition) is 1. The van der Waals surface area contributed by atoms with Crippen molar-refractivity contribution in [3.8, 4) is 0 Å². The molecule has 0 atom stereocenters. The zero-order chi connectivity index (χ0) is 14.7. The van der Waals surface area contributed by atoms with Crippen LogP contribution in [0.2, 0.25) is 5.02 Å². The van der Waals surface area contributed by atoms with E-state index in [2.05, 4.69) is 52.5 Å². The fraction of sp³-hybridized carbons (Fsp3) is 0.133. The molecule has 104 valence electrons. The fourth-order valence-electron chi connectivity index (χ4n) is 1.81. The van der Waals surface area contributed by atoms with Crippen molar-refractivity contribution in [2.24, 2.45) is 0 Å². The first-order valence-corrected chi connectivity index (χ1v) is 7.64. The summed E-state index contributed by atoms with van der Waals surface area (Å²) in [5.41, 5.74) is 4.23. The third-order valence-corrected chi connectivity index (χ3v) is 4.24. The highest BCUT2D eigenvalue weighted by molar-refractivity contribution is 9.10. The van der Waals surface area contributed by atoms with Crippen LogP contribution in [0.5, 0.6) is 0 Å². The minimum atomic E-state index is 0.537. The van der Waals surface area contributed by atoms with Gasteiger partial charge in [0.25, 0.3) is 0 Å². The van der Waals surface area contributed by atoms with Crippen LogP contribution in [0.25, 0.3) is 0 Å². The Morgan fingerprint density at radius 2 is 1.85 bits per heavy atom. The lowest BCUT2D eigenvalue weighted by atomic mass is 10.1. The van der Waals surface area contributed by atoms with Gasteiger partial charge in [-0.2, -0.15) is 0 Å². The molecule has 2 nitrogen and oxygen atoms in total. The van der Waals surface area contributed by atoms with E-state index in [1.54, 1.807) is 0 Å². The maximum atomic E-state index is 6.05. The minimum Gasteiger partial charge on any atom is -0.332 e. The molecule has 20 heavy (non-hydrogen) atoms. The van der Waals surface area contributed by atoms with Gasteiger partial charge in [-0.15, -0.1) is 0 Å². The molecule has 0 aliphatic heterocycles. The summed E-state index contributed by atoms with van der Waals surface area (Å²) < 4.78 is 0.859. The lowest BCUT2D eigenvalue weighted by molar-refractivity contribution is 1.38. The van der Waals surface area contributed by atoms with Crippen LogP contribution in [0, 0.1) is 13.8 Å². The molecule has 2 rings (SSSR count). The molecule has 5 heteroatoms. The highest BCUT2D eigenvalue weighted by Gasteiger charge is 2.04. The van der Waals surface area contributed by atoms with Crippen molar-refractivity contribution in [1.29, 1.82) is 0 Å². The van der Waals surface area contributed by atoms with Crippen LogP contribution in [-0.4, -0.2) is 5.11 Å². The van der Waals surface area contributed by atoms with Crippen molar-refractivity contribution in [3.05, 3.63) is 57.0 Å². The van der Waals surface area contributed by atoms with Gasteiger partial charge in [0.15, 0.2) is 5.11 Å². The van der Waals surface area contributed by atoms with Gasteiger partial charge in [-0.1, -0.05) is 29.3 Å². The molecule has 0 heterocycles. The van der Waals surface area contributed by atoms with Crippen LogP contribution in [0.3, 0.4) is 0 Å². The van der Waals surface area contributed by atoms with Crippen LogP contribution in [0.4, 0.5) is 11.4 Å². The Bertz CT molecular complexity index is 658. The molecule has 0 spiro atoms. The maximum absolute atomic E-state index is 6.05. The van der Waals surface area contributed by atoms with Gasteiger partial charge in [0.2, 0.25) is 0 Å². The Morgan fingerprint density at radius 3 is 2.50 bits per heavy atom. The second-order valence-corrected chi connectivity index (χ2v) is 6.20. The molecule has 0 saturated heterocycles. The molecule has 0 unspecified atom stereocenters. The van der Waals surface area contributed by atoms with Crippen molar-refractivity contribution in [2.45, 2.75) is 13.8 Å². The predicted molar refractivity (Wildman–Crippen MR) is 94.9 cm³/mol. The van der Waals surface area contributed by atoms with Crippen molar-refractivity contribution in [3.63, 3.8) is 0 Å². The molecule has 0 aliphatic rings. The summed E-state index contributed by atoms with van der Waals surface area (Å²) in [5, 5.41) is 7.48. The number of aryl methyl sites for hydroxylation is 2. The van der Waals surface area contributed by atoms with Crippen molar-refractivity contribution < 1.29 is 0 Å². The first-order valence-electron chi connectivity index (χ1n) is 6.06. The highest BCUT2D eigenvalue weighted by atomic mass is 79.9. The monoisotopic (exact) mass is 368 g/mol. The third-order valence-electron chi connectivity index (χ3n) is 2.81. The van der Waals surface area contributed by atoms with E-state index < -0.39 is 0 Å². The van der Waals surface area contributed by atoms with Crippen molar-refractivity contribution >= 4 is 56.2 Å².